The molecule has 0 spiro atoms. The van der Waals surface area contributed by atoms with Crippen molar-refractivity contribution in [2.75, 3.05) is 6.61 Å². The molecule has 0 aromatic heterocycles. The van der Waals surface area contributed by atoms with Crippen molar-refractivity contribution in [1.82, 2.24) is 0 Å². The summed E-state index contributed by atoms with van der Waals surface area (Å²) in [5, 5.41) is 8.79. The number of rotatable bonds is 29. The van der Waals surface area contributed by atoms with E-state index < -0.39 is 5.97 Å². The van der Waals surface area contributed by atoms with Gasteiger partial charge in [0.2, 0.25) is 0 Å². The summed E-state index contributed by atoms with van der Waals surface area (Å²) in [4.78, 5) is 22.6. The summed E-state index contributed by atoms with van der Waals surface area (Å²) in [5.41, 5.74) is 0. The maximum atomic E-state index is 11.9. The molecular formula is C33H64O4. The van der Waals surface area contributed by atoms with Gasteiger partial charge in [0.15, 0.2) is 0 Å². The number of ether oxygens (including phenoxy) is 1. The van der Waals surface area contributed by atoms with Crippen molar-refractivity contribution < 1.29 is 19.4 Å². The fourth-order valence-corrected chi connectivity index (χ4v) is 5.17. The van der Waals surface area contributed by atoms with E-state index >= 15 is 0 Å². The van der Waals surface area contributed by atoms with E-state index in [1.165, 1.54) is 122 Å². The molecule has 0 aliphatic carbocycles. The second-order valence-corrected chi connectivity index (χ2v) is 11.7. The largest absolute Gasteiger partial charge is 0.481 e. The standard InChI is InChI=1S/C33H64O4/c1-4-6-26-31(5-2)29-37-33(36)27-24-22-20-18-16-14-12-10-8-7-9-11-13-15-17-19-21-23-25-30(3)28-32(34)35/h30-31H,4-29H2,1-3H3,(H,34,35). The first kappa shape index (κ1) is 35.9. The van der Waals surface area contributed by atoms with Gasteiger partial charge >= 0.3 is 11.9 Å². The number of carbonyl (C=O) groups excluding carboxylic acids is 1. The van der Waals surface area contributed by atoms with Crippen LogP contribution in [0.2, 0.25) is 0 Å². The monoisotopic (exact) mass is 524 g/mol. The lowest BCUT2D eigenvalue weighted by Gasteiger charge is -2.14. The van der Waals surface area contributed by atoms with Gasteiger partial charge in [0.05, 0.1) is 6.61 Å². The normalized spacial score (nSPS) is 12.9. The molecule has 0 aliphatic rings. The lowest BCUT2D eigenvalue weighted by Crippen LogP contribution is -2.13. The molecule has 220 valence electrons. The van der Waals surface area contributed by atoms with Gasteiger partial charge in [-0.05, 0) is 24.7 Å². The summed E-state index contributed by atoms with van der Waals surface area (Å²) in [5.74, 6) is 0.213. The number of hydrogen-bond acceptors (Lipinski definition) is 3. The van der Waals surface area contributed by atoms with Gasteiger partial charge in [0.1, 0.15) is 0 Å². The molecule has 0 heterocycles. The smallest absolute Gasteiger partial charge is 0.305 e. The van der Waals surface area contributed by atoms with Gasteiger partial charge in [0.25, 0.3) is 0 Å². The summed E-state index contributed by atoms with van der Waals surface area (Å²) in [6.07, 6.45) is 30.3. The van der Waals surface area contributed by atoms with E-state index in [1.807, 2.05) is 0 Å². The number of esters is 1. The summed E-state index contributed by atoms with van der Waals surface area (Å²) in [7, 11) is 0. The molecule has 4 heteroatoms. The number of carboxylic acid groups (broad SMARTS) is 1. The summed E-state index contributed by atoms with van der Waals surface area (Å²) in [6.45, 7) is 7.08. The topological polar surface area (TPSA) is 63.6 Å². The fraction of sp³-hybridized carbons (Fsp3) is 0.939. The molecule has 0 fully saturated rings. The summed E-state index contributed by atoms with van der Waals surface area (Å²) in [6, 6.07) is 0. The van der Waals surface area contributed by atoms with Crippen molar-refractivity contribution in [1.29, 1.82) is 0 Å². The van der Waals surface area contributed by atoms with Crippen molar-refractivity contribution in [2.45, 2.75) is 181 Å². The minimum atomic E-state index is -0.663. The van der Waals surface area contributed by atoms with Gasteiger partial charge in [-0.3, -0.25) is 9.59 Å². The summed E-state index contributed by atoms with van der Waals surface area (Å²) < 4.78 is 5.49. The van der Waals surface area contributed by atoms with E-state index in [-0.39, 0.29) is 5.97 Å². The van der Waals surface area contributed by atoms with Gasteiger partial charge in [-0.1, -0.05) is 156 Å². The molecule has 0 aromatic carbocycles. The highest BCUT2D eigenvalue weighted by Gasteiger charge is 2.10. The Morgan fingerprint density at radius 3 is 1.46 bits per heavy atom. The van der Waals surface area contributed by atoms with Gasteiger partial charge in [-0.15, -0.1) is 0 Å². The Hall–Kier alpha value is -1.06. The Morgan fingerprint density at radius 1 is 0.622 bits per heavy atom. The fourth-order valence-electron chi connectivity index (χ4n) is 5.17. The van der Waals surface area contributed by atoms with E-state index in [1.54, 1.807) is 0 Å². The zero-order chi connectivity index (χ0) is 27.4. The molecule has 4 nitrogen and oxygen atoms in total. The first-order chi connectivity index (χ1) is 18.0. The van der Waals surface area contributed by atoms with Crippen LogP contribution in [0.25, 0.3) is 0 Å². The van der Waals surface area contributed by atoms with Crippen LogP contribution < -0.4 is 0 Å². The van der Waals surface area contributed by atoms with Crippen molar-refractivity contribution in [3.05, 3.63) is 0 Å². The lowest BCUT2D eigenvalue weighted by molar-refractivity contribution is -0.145. The molecule has 1 N–H and O–H groups in total. The highest BCUT2D eigenvalue weighted by atomic mass is 16.5. The maximum absolute atomic E-state index is 11.9. The SMILES string of the molecule is CCCCC(CC)COC(=O)CCCCCCCCCCCCCCCCCCCCC(C)CC(=O)O. The third kappa shape index (κ3) is 27.8. The highest BCUT2D eigenvalue weighted by Crippen LogP contribution is 2.17. The Morgan fingerprint density at radius 2 is 1.05 bits per heavy atom. The van der Waals surface area contributed by atoms with Crippen LogP contribution in [0.1, 0.15) is 181 Å². The van der Waals surface area contributed by atoms with E-state index in [9.17, 15) is 9.59 Å². The van der Waals surface area contributed by atoms with Crippen LogP contribution in [0.3, 0.4) is 0 Å². The van der Waals surface area contributed by atoms with Crippen molar-refractivity contribution >= 4 is 11.9 Å². The zero-order valence-corrected chi connectivity index (χ0v) is 25.2. The minimum Gasteiger partial charge on any atom is -0.481 e. The van der Waals surface area contributed by atoms with E-state index in [0.717, 1.165) is 25.7 Å². The molecule has 0 amide bonds. The molecular weight excluding hydrogens is 460 g/mol. The Labute approximate surface area is 231 Å². The molecule has 0 saturated carbocycles. The van der Waals surface area contributed by atoms with Crippen LogP contribution in [-0.2, 0) is 14.3 Å². The first-order valence-corrected chi connectivity index (χ1v) is 16.4. The Kier molecular flexibility index (Phi) is 27.2. The van der Waals surface area contributed by atoms with E-state index in [4.69, 9.17) is 9.84 Å². The number of carbonyl (C=O) groups is 2. The number of carboxylic acids is 1. The van der Waals surface area contributed by atoms with Crippen LogP contribution in [0.5, 0.6) is 0 Å². The molecule has 0 aromatic rings. The molecule has 37 heavy (non-hydrogen) atoms. The third-order valence-corrected chi connectivity index (χ3v) is 7.87. The van der Waals surface area contributed by atoms with Crippen molar-refractivity contribution in [3.8, 4) is 0 Å². The quantitative estimate of drug-likeness (QED) is 0.0780. The molecule has 2 unspecified atom stereocenters. The minimum absolute atomic E-state index is 0.00589. The van der Waals surface area contributed by atoms with Crippen LogP contribution in [0.4, 0.5) is 0 Å². The van der Waals surface area contributed by atoms with Crippen molar-refractivity contribution in [2.24, 2.45) is 11.8 Å². The van der Waals surface area contributed by atoms with E-state index in [0.29, 0.717) is 31.3 Å². The van der Waals surface area contributed by atoms with Gasteiger partial charge in [0, 0.05) is 12.8 Å². The van der Waals surface area contributed by atoms with E-state index in [2.05, 4.69) is 20.8 Å². The van der Waals surface area contributed by atoms with Crippen LogP contribution in [0.15, 0.2) is 0 Å². The van der Waals surface area contributed by atoms with Gasteiger partial charge < -0.3 is 9.84 Å². The number of hydrogen-bond donors (Lipinski definition) is 1. The molecule has 0 radical (unpaired) electrons. The number of aliphatic carboxylic acids is 1. The van der Waals surface area contributed by atoms with Gasteiger partial charge in [-0.2, -0.15) is 0 Å². The lowest BCUT2D eigenvalue weighted by atomic mass is 9.99. The van der Waals surface area contributed by atoms with Crippen LogP contribution >= 0.6 is 0 Å². The number of unbranched alkanes of at least 4 members (excludes halogenated alkanes) is 18. The Balaban J connectivity index is 3.24. The molecule has 0 aliphatic heterocycles. The maximum Gasteiger partial charge on any atom is 0.305 e. The average molecular weight is 525 g/mol. The zero-order valence-electron chi connectivity index (χ0n) is 25.2. The van der Waals surface area contributed by atoms with Crippen LogP contribution in [-0.4, -0.2) is 23.7 Å². The second-order valence-electron chi connectivity index (χ2n) is 11.7. The molecule has 0 saturated heterocycles. The predicted octanol–water partition coefficient (Wildman–Crippen LogP) is 10.7. The highest BCUT2D eigenvalue weighted by molar-refractivity contribution is 5.69. The third-order valence-electron chi connectivity index (χ3n) is 7.87. The average Bonchev–Trinajstić information content (AvgIpc) is 2.87. The molecule has 0 rings (SSSR count). The predicted molar refractivity (Wildman–Crippen MR) is 158 cm³/mol. The van der Waals surface area contributed by atoms with Gasteiger partial charge in [-0.25, -0.2) is 0 Å². The Bertz CT molecular complexity index is 505. The summed E-state index contributed by atoms with van der Waals surface area (Å²) >= 11 is 0. The van der Waals surface area contributed by atoms with Crippen LogP contribution in [0, 0.1) is 11.8 Å². The molecule has 2 atom stereocenters. The molecule has 0 bridgehead atoms. The second kappa shape index (κ2) is 28.0. The van der Waals surface area contributed by atoms with Crippen molar-refractivity contribution in [3.63, 3.8) is 0 Å². The first-order valence-electron chi connectivity index (χ1n) is 16.4.